The van der Waals surface area contributed by atoms with Gasteiger partial charge in [-0.05, 0) is 49.9 Å². The van der Waals surface area contributed by atoms with E-state index in [0.29, 0.717) is 0 Å². The second kappa shape index (κ2) is 14.5. The van der Waals surface area contributed by atoms with Crippen LogP contribution in [0.5, 0.6) is 0 Å². The lowest BCUT2D eigenvalue weighted by Crippen LogP contribution is -2.35. The third kappa shape index (κ3) is 8.34. The van der Waals surface area contributed by atoms with Crippen LogP contribution in [0.15, 0.2) is 70.5 Å². The maximum absolute atomic E-state index is 13.9. The Morgan fingerprint density at radius 1 is 0.684 bits per heavy atom. The van der Waals surface area contributed by atoms with Crippen molar-refractivity contribution in [1.82, 2.24) is 8.94 Å². The van der Waals surface area contributed by atoms with Crippen LogP contribution in [0.1, 0.15) is 64.2 Å². The van der Waals surface area contributed by atoms with Gasteiger partial charge in [0, 0.05) is 52.6 Å². The molecular weight excluding hydrogens is 543 g/mol. The molecule has 0 bridgehead atoms. The minimum Gasteiger partial charge on any atom is -0.288 e. The highest BCUT2D eigenvalue weighted by Crippen LogP contribution is 2.54. The van der Waals surface area contributed by atoms with Gasteiger partial charge in [0.25, 0.3) is 11.8 Å². The van der Waals surface area contributed by atoms with E-state index < -0.39 is 7.82 Å². The predicted octanol–water partition coefficient (Wildman–Crippen LogP) is 7.84. The summed E-state index contributed by atoms with van der Waals surface area (Å²) in [5.41, 5.74) is 0. The zero-order chi connectivity index (χ0) is 26.8. The number of phosphoric acid groups is 1. The van der Waals surface area contributed by atoms with Crippen molar-refractivity contribution in [3.05, 3.63) is 60.7 Å². The summed E-state index contributed by atoms with van der Waals surface area (Å²) in [7, 11) is -3.24. The van der Waals surface area contributed by atoms with Gasteiger partial charge in [-0.1, -0.05) is 74.9 Å². The number of carbonyl (C=O) groups excluding carboxylic acids is 2. The van der Waals surface area contributed by atoms with Crippen LogP contribution in [0.4, 0.5) is 0 Å². The minimum atomic E-state index is -4.43. The molecule has 2 aromatic carbocycles. The zero-order valence-electron chi connectivity index (χ0n) is 21.6. The molecule has 0 aromatic heterocycles. The molecular formula is C27H35N2O6PS2. The van der Waals surface area contributed by atoms with Crippen molar-refractivity contribution in [2.24, 2.45) is 11.8 Å². The van der Waals surface area contributed by atoms with Crippen LogP contribution in [0, 0.1) is 11.8 Å². The average molecular weight is 579 g/mol. The summed E-state index contributed by atoms with van der Waals surface area (Å²) in [6.07, 6.45) is 8.95. The monoisotopic (exact) mass is 578 g/mol. The van der Waals surface area contributed by atoms with Crippen LogP contribution in [0.25, 0.3) is 0 Å². The van der Waals surface area contributed by atoms with E-state index in [-0.39, 0.29) is 23.7 Å². The SMILES string of the molecule is COP(=O)(ON(Sc1ccccc1)C(=O)C1CCCCC1)ON(Sc1ccccc1)C(=O)C1CCCCC1. The fraction of sp³-hybridized carbons (Fsp3) is 0.481. The molecule has 0 unspecified atom stereocenters. The Morgan fingerprint density at radius 2 is 1.05 bits per heavy atom. The Balaban J connectivity index is 1.56. The van der Waals surface area contributed by atoms with E-state index in [1.807, 2.05) is 60.7 Å². The van der Waals surface area contributed by atoms with Crippen molar-refractivity contribution in [3.8, 4) is 0 Å². The first kappa shape index (κ1) is 29.2. The number of hydrogen-bond acceptors (Lipinski definition) is 8. The summed E-state index contributed by atoms with van der Waals surface area (Å²) in [4.78, 5) is 28.5. The Bertz CT molecular complexity index is 1000. The Hall–Kier alpha value is -1.81. The maximum Gasteiger partial charge on any atom is 0.519 e. The largest absolute Gasteiger partial charge is 0.519 e. The topological polar surface area (TPSA) is 85.4 Å². The van der Waals surface area contributed by atoms with E-state index in [1.54, 1.807) is 0 Å². The van der Waals surface area contributed by atoms with Gasteiger partial charge in [-0.3, -0.25) is 14.1 Å². The summed E-state index contributed by atoms with van der Waals surface area (Å²) in [5, 5.41) is 0. The van der Waals surface area contributed by atoms with Gasteiger partial charge in [0.2, 0.25) is 0 Å². The molecule has 0 saturated heterocycles. The van der Waals surface area contributed by atoms with E-state index in [1.165, 1.54) is 7.11 Å². The predicted molar refractivity (Wildman–Crippen MR) is 148 cm³/mol. The molecule has 8 nitrogen and oxygen atoms in total. The zero-order valence-corrected chi connectivity index (χ0v) is 24.1. The first-order chi connectivity index (χ1) is 18.5. The first-order valence-corrected chi connectivity index (χ1v) is 16.2. The van der Waals surface area contributed by atoms with Gasteiger partial charge in [-0.15, -0.1) is 8.94 Å². The standard InChI is InChI=1S/C27H35N2O6PS2/c1-33-36(32,34-28(37-24-18-10-4-11-19-24)26(30)22-14-6-2-7-15-22)35-29(38-25-20-12-5-13-21-25)27(31)23-16-8-3-9-17-23/h4-5,10-13,18-23H,2-3,6-9,14-17H2,1H3. The first-order valence-electron chi connectivity index (χ1n) is 13.2. The summed E-state index contributed by atoms with van der Waals surface area (Å²) in [5.74, 6) is -1.08. The molecule has 0 N–H and O–H groups in total. The maximum atomic E-state index is 13.9. The normalized spacial score (nSPS) is 17.2. The van der Waals surface area contributed by atoms with Crippen LogP contribution in [-0.2, 0) is 27.9 Å². The lowest BCUT2D eigenvalue weighted by molar-refractivity contribution is -0.158. The lowest BCUT2D eigenvalue weighted by atomic mass is 9.89. The third-order valence-electron chi connectivity index (χ3n) is 6.70. The molecule has 2 amide bonds. The van der Waals surface area contributed by atoms with Crippen molar-refractivity contribution in [3.63, 3.8) is 0 Å². The molecule has 0 spiro atoms. The van der Waals surface area contributed by atoms with Gasteiger partial charge in [0.05, 0.1) is 0 Å². The Kier molecular flexibility index (Phi) is 11.2. The molecule has 2 aromatic rings. The van der Waals surface area contributed by atoms with Gasteiger partial charge in [0.15, 0.2) is 0 Å². The molecule has 2 aliphatic carbocycles. The summed E-state index contributed by atoms with van der Waals surface area (Å²) in [6.45, 7) is 0. The average Bonchev–Trinajstić information content (AvgIpc) is 2.98. The van der Waals surface area contributed by atoms with Gasteiger partial charge in [0.1, 0.15) is 0 Å². The lowest BCUT2D eigenvalue weighted by Gasteiger charge is -2.31. The highest BCUT2D eigenvalue weighted by atomic mass is 32.2. The molecule has 11 heteroatoms. The second-order valence-corrected chi connectivity index (χ2v) is 13.0. The number of amides is 2. The number of rotatable bonds is 11. The Labute approximate surface area is 233 Å². The van der Waals surface area contributed by atoms with Gasteiger partial charge < -0.3 is 0 Å². The van der Waals surface area contributed by atoms with Crippen LogP contribution < -0.4 is 0 Å². The molecule has 0 radical (unpaired) electrons. The molecule has 0 aliphatic heterocycles. The summed E-state index contributed by atoms with van der Waals surface area (Å²) in [6, 6.07) is 18.5. The van der Waals surface area contributed by atoms with Crippen molar-refractivity contribution in [2.75, 3.05) is 7.11 Å². The molecule has 206 valence electrons. The van der Waals surface area contributed by atoms with Crippen LogP contribution in [0.2, 0.25) is 0 Å². The molecule has 2 fully saturated rings. The number of hydrogen-bond donors (Lipinski definition) is 0. The van der Waals surface area contributed by atoms with Gasteiger partial charge >= 0.3 is 7.82 Å². The van der Waals surface area contributed by atoms with Crippen molar-refractivity contribution in [1.29, 1.82) is 0 Å². The van der Waals surface area contributed by atoms with Gasteiger partial charge in [-0.2, -0.15) is 9.25 Å². The quantitative estimate of drug-likeness (QED) is 0.151. The van der Waals surface area contributed by atoms with Crippen molar-refractivity contribution < 1.29 is 27.9 Å². The third-order valence-corrected chi connectivity index (χ3v) is 9.91. The molecule has 0 heterocycles. The molecule has 4 rings (SSSR count). The number of benzene rings is 2. The summed E-state index contributed by atoms with van der Waals surface area (Å²) < 4.78 is 32.7. The van der Waals surface area contributed by atoms with E-state index in [2.05, 4.69) is 0 Å². The van der Waals surface area contributed by atoms with Crippen LogP contribution in [0.3, 0.4) is 0 Å². The molecule has 2 aliphatic rings. The number of nitrogens with zero attached hydrogens (tertiary/aromatic N) is 2. The number of carbonyl (C=O) groups is 2. The number of hydroxylamine groups is 2. The van der Waals surface area contributed by atoms with Crippen molar-refractivity contribution >= 4 is 43.5 Å². The Morgan fingerprint density at radius 3 is 1.39 bits per heavy atom. The smallest absolute Gasteiger partial charge is 0.288 e. The molecule has 0 atom stereocenters. The van der Waals surface area contributed by atoms with Gasteiger partial charge in [-0.25, -0.2) is 4.57 Å². The summed E-state index contributed by atoms with van der Waals surface area (Å²) >= 11 is 2.04. The highest BCUT2D eigenvalue weighted by Gasteiger charge is 2.41. The molecule has 38 heavy (non-hydrogen) atoms. The second-order valence-electron chi connectivity index (χ2n) is 9.46. The van der Waals surface area contributed by atoms with E-state index in [9.17, 15) is 14.2 Å². The minimum absolute atomic E-state index is 0.246. The van der Waals surface area contributed by atoms with E-state index >= 15 is 0 Å². The van der Waals surface area contributed by atoms with E-state index in [0.717, 1.165) is 107 Å². The highest BCUT2D eigenvalue weighted by molar-refractivity contribution is 7.97. The van der Waals surface area contributed by atoms with Crippen LogP contribution >= 0.6 is 31.7 Å². The van der Waals surface area contributed by atoms with Crippen LogP contribution in [-0.4, -0.2) is 27.9 Å². The fourth-order valence-corrected chi connectivity index (χ4v) is 7.48. The van der Waals surface area contributed by atoms with E-state index in [4.69, 9.17) is 13.8 Å². The van der Waals surface area contributed by atoms with Crippen molar-refractivity contribution in [2.45, 2.75) is 74.0 Å². The molecule has 2 saturated carbocycles. The fourth-order valence-electron chi connectivity index (χ4n) is 4.62.